The zero-order valence-corrected chi connectivity index (χ0v) is 29.5. The Balaban J connectivity index is 1.34. The van der Waals surface area contributed by atoms with Crippen LogP contribution in [0.15, 0.2) is 113 Å². The number of nitrogens with zero attached hydrogens (tertiary/aromatic N) is 3. The van der Waals surface area contributed by atoms with E-state index in [4.69, 9.17) is 19.3 Å². The number of oxime groups is 1. The largest absolute Gasteiger partial charge is 0.477 e. The summed E-state index contributed by atoms with van der Waals surface area (Å²) in [4.78, 5) is 50.4. The van der Waals surface area contributed by atoms with E-state index < -0.39 is 51.8 Å². The number of methoxy groups -OCH3 is 2. The van der Waals surface area contributed by atoms with Crippen LogP contribution in [0, 0.1) is 0 Å². The molecule has 15 heteroatoms. The Morgan fingerprint density at radius 1 is 1.02 bits per heavy atom. The van der Waals surface area contributed by atoms with Crippen molar-refractivity contribution in [2.45, 2.75) is 30.2 Å². The fourth-order valence-corrected chi connectivity index (χ4v) is 8.52. The first-order valence-corrected chi connectivity index (χ1v) is 18.1. The third-order valence-electron chi connectivity index (χ3n) is 8.51. The number of anilines is 1. The first kappa shape index (κ1) is 35.6. The fraction of sp³-hybridized carbons (Fsp3) is 0.250. The molecule has 3 aromatic carbocycles. The van der Waals surface area contributed by atoms with Crippen molar-refractivity contribution in [3.8, 4) is 0 Å². The number of ether oxygens (including phenoxy) is 2. The maximum atomic E-state index is 13.9. The average Bonchev–Trinajstić information content (AvgIpc) is 3.61. The molecule has 2 aliphatic heterocycles. The number of fused-ring (bicyclic) bond motifs is 1. The molecule has 0 bridgehead atoms. The number of carbonyl (C=O) groups excluding carboxylic acids is 2. The molecule has 0 aliphatic carbocycles. The smallest absolute Gasteiger partial charge is 0.352 e. The lowest BCUT2D eigenvalue weighted by Crippen LogP contribution is -2.74. The van der Waals surface area contributed by atoms with E-state index in [2.05, 4.69) is 15.8 Å². The third-order valence-corrected chi connectivity index (χ3v) is 10.9. The second kappa shape index (κ2) is 15.3. The predicted octanol–water partition coefficient (Wildman–Crippen LogP) is 3.66. The molecular weight excluding hydrogens is 695 g/mol. The Morgan fingerprint density at radius 2 is 1.59 bits per heavy atom. The number of hydrogen-bond donors (Lipinski definition) is 3. The van der Waals surface area contributed by atoms with Gasteiger partial charge in [0, 0.05) is 26.5 Å². The molecule has 6 rings (SSSR count). The molecule has 0 spiro atoms. The highest BCUT2D eigenvalue weighted by atomic mass is 32.2. The first-order chi connectivity index (χ1) is 24.7. The minimum atomic E-state index is -1.72. The van der Waals surface area contributed by atoms with Crippen LogP contribution >= 0.6 is 11.3 Å². The highest BCUT2D eigenvalue weighted by Crippen LogP contribution is 2.41. The molecule has 2 aliphatic rings. The maximum absolute atomic E-state index is 13.9. The lowest BCUT2D eigenvalue weighted by atomic mass is 9.77. The zero-order valence-electron chi connectivity index (χ0n) is 27.8. The minimum absolute atomic E-state index is 0.104. The number of rotatable bonds is 14. The van der Waals surface area contributed by atoms with E-state index in [9.17, 15) is 23.7 Å². The number of aromatic nitrogens is 1. The number of hydrogen-bond acceptors (Lipinski definition) is 11. The van der Waals surface area contributed by atoms with Gasteiger partial charge in [0.05, 0.1) is 23.2 Å². The molecule has 1 aromatic heterocycles. The van der Waals surface area contributed by atoms with Crippen molar-refractivity contribution in [1.82, 2.24) is 15.2 Å². The summed E-state index contributed by atoms with van der Waals surface area (Å²) in [6.45, 7) is 1.48. The summed E-state index contributed by atoms with van der Waals surface area (Å²) in [5.74, 6) is -3.05. The number of thiazole rings is 1. The van der Waals surface area contributed by atoms with Crippen LogP contribution in [0.4, 0.5) is 5.13 Å². The van der Waals surface area contributed by atoms with Gasteiger partial charge in [-0.05, 0) is 22.3 Å². The van der Waals surface area contributed by atoms with Crippen molar-refractivity contribution < 1.29 is 38.0 Å². The van der Waals surface area contributed by atoms with Gasteiger partial charge in [-0.2, -0.15) is 0 Å². The molecule has 2 amide bonds. The Hall–Kier alpha value is -5.22. The molecule has 13 nitrogen and oxygen atoms in total. The van der Waals surface area contributed by atoms with Crippen molar-refractivity contribution in [3.05, 3.63) is 130 Å². The van der Waals surface area contributed by atoms with Gasteiger partial charge in [-0.1, -0.05) is 96.2 Å². The van der Waals surface area contributed by atoms with Gasteiger partial charge in [0.2, 0.25) is 6.29 Å². The maximum Gasteiger partial charge on any atom is 0.352 e. The van der Waals surface area contributed by atoms with Gasteiger partial charge in [0.1, 0.15) is 28.3 Å². The van der Waals surface area contributed by atoms with E-state index >= 15 is 0 Å². The highest BCUT2D eigenvalue weighted by Gasteiger charge is 2.57. The van der Waals surface area contributed by atoms with Gasteiger partial charge >= 0.3 is 5.97 Å². The SMILES string of the molecule is COCC1=C(C(=O)O)N2C(=O)C(NC(=O)C(=NOC(C)OC)c3csc(NC(c4ccccc4)(c4ccccc4)c4ccccc4)n3)[C@H]2S(=O)C1. The van der Waals surface area contributed by atoms with E-state index in [0.717, 1.165) is 21.6 Å². The van der Waals surface area contributed by atoms with Crippen LogP contribution in [0.25, 0.3) is 0 Å². The standard InChI is InChI=1S/C36H35N5O8S2/c1-22(48-3)49-40-28(31(42)38-29-32(43)41-30(34(44)45)23(19-47-2)21-51(46)33(29)41)27-20-50-35(37-27)39-36(24-13-7-4-8-14-24,25-15-9-5-10-16-25)26-17-11-6-12-18-26/h4-18,20,22,29,33H,19,21H2,1-3H3,(H,37,39)(H,38,42)(H,44,45)/t22?,29?,33-,51?/m1/s1. The number of nitrogens with one attached hydrogen (secondary N) is 2. The topological polar surface area (TPSA) is 169 Å². The lowest BCUT2D eigenvalue weighted by Gasteiger charge is -2.48. The summed E-state index contributed by atoms with van der Waals surface area (Å²) < 4.78 is 23.4. The lowest BCUT2D eigenvalue weighted by molar-refractivity contribution is -0.150. The molecule has 0 saturated carbocycles. The fourth-order valence-electron chi connectivity index (χ4n) is 6.10. The van der Waals surface area contributed by atoms with Gasteiger partial charge in [-0.3, -0.25) is 18.7 Å². The number of β-lactam (4-membered cyclic amide) rings is 1. The molecule has 51 heavy (non-hydrogen) atoms. The van der Waals surface area contributed by atoms with Crippen LogP contribution in [0.2, 0.25) is 0 Å². The Labute approximate surface area is 300 Å². The van der Waals surface area contributed by atoms with Gasteiger partial charge in [-0.25, -0.2) is 9.78 Å². The van der Waals surface area contributed by atoms with E-state index in [1.165, 1.54) is 25.6 Å². The summed E-state index contributed by atoms with van der Waals surface area (Å²) in [5.41, 5.74) is 1.73. The number of benzene rings is 3. The molecule has 3 heterocycles. The van der Waals surface area contributed by atoms with Crippen LogP contribution in [0.5, 0.6) is 0 Å². The number of carboxylic acid groups (broad SMARTS) is 1. The number of aliphatic carboxylic acids is 1. The number of amides is 2. The monoisotopic (exact) mass is 729 g/mol. The van der Waals surface area contributed by atoms with E-state index in [-0.39, 0.29) is 35.0 Å². The highest BCUT2D eigenvalue weighted by molar-refractivity contribution is 7.86. The molecule has 0 radical (unpaired) electrons. The second-order valence-electron chi connectivity index (χ2n) is 11.6. The summed E-state index contributed by atoms with van der Waals surface area (Å²) in [5, 5.41) is 21.2. The molecule has 4 aromatic rings. The second-order valence-corrected chi connectivity index (χ2v) is 14.0. The predicted molar refractivity (Wildman–Crippen MR) is 191 cm³/mol. The first-order valence-electron chi connectivity index (χ1n) is 15.8. The average molecular weight is 730 g/mol. The molecule has 3 N–H and O–H groups in total. The summed E-state index contributed by atoms with van der Waals surface area (Å²) >= 11 is 1.24. The van der Waals surface area contributed by atoms with Crippen molar-refractivity contribution >= 4 is 50.8 Å². The molecule has 264 valence electrons. The van der Waals surface area contributed by atoms with Crippen LogP contribution < -0.4 is 10.6 Å². The van der Waals surface area contributed by atoms with E-state index in [0.29, 0.717) is 5.13 Å². The molecule has 1 saturated heterocycles. The summed E-state index contributed by atoms with van der Waals surface area (Å²) in [7, 11) is 1.06. The van der Waals surface area contributed by atoms with Gasteiger partial charge in [0.15, 0.2) is 10.8 Å². The Morgan fingerprint density at radius 3 is 2.10 bits per heavy atom. The zero-order chi connectivity index (χ0) is 36.1. The normalized spacial score (nSPS) is 19.5. The van der Waals surface area contributed by atoms with Crippen molar-refractivity contribution in [2.24, 2.45) is 5.16 Å². The minimum Gasteiger partial charge on any atom is -0.477 e. The van der Waals surface area contributed by atoms with E-state index in [1.54, 1.807) is 12.3 Å². The molecule has 3 unspecified atom stereocenters. The third kappa shape index (κ3) is 6.93. The summed E-state index contributed by atoms with van der Waals surface area (Å²) in [6.07, 6.45) is -0.833. The van der Waals surface area contributed by atoms with E-state index in [1.807, 2.05) is 91.0 Å². The molecule has 1 fully saturated rings. The van der Waals surface area contributed by atoms with Crippen LogP contribution in [-0.4, -0.2) is 87.0 Å². The number of carboxylic acids is 1. The van der Waals surface area contributed by atoms with Gasteiger partial charge < -0.3 is 30.1 Å². The van der Waals surface area contributed by atoms with Gasteiger partial charge in [0.25, 0.3) is 11.8 Å². The van der Waals surface area contributed by atoms with Crippen molar-refractivity contribution in [1.29, 1.82) is 0 Å². The van der Waals surface area contributed by atoms with Crippen LogP contribution in [0.3, 0.4) is 0 Å². The quantitative estimate of drug-likeness (QED) is 0.0573. The van der Waals surface area contributed by atoms with Crippen LogP contribution in [-0.2, 0) is 45.0 Å². The van der Waals surface area contributed by atoms with Crippen LogP contribution in [0.1, 0.15) is 29.3 Å². The Bertz CT molecular complexity index is 1890. The van der Waals surface area contributed by atoms with Crippen molar-refractivity contribution in [2.75, 3.05) is 31.9 Å². The Kier molecular flexibility index (Phi) is 10.7. The molecular formula is C36H35N5O8S2. The van der Waals surface area contributed by atoms with Gasteiger partial charge in [-0.15, -0.1) is 11.3 Å². The summed E-state index contributed by atoms with van der Waals surface area (Å²) in [6, 6.07) is 28.5. The van der Waals surface area contributed by atoms with Crippen molar-refractivity contribution in [3.63, 3.8) is 0 Å². The molecule has 4 atom stereocenters. The number of carbonyl (C=O) groups is 3.